The number of hydrogen-bond donors (Lipinski definition) is 0. The molecular formula is C23H25BrF3O4PS. The number of rotatable bonds is 9. The Bertz CT molecular complexity index is 1110. The second kappa shape index (κ2) is 10.5. The molecule has 0 saturated carbocycles. The Labute approximate surface area is 203 Å². The van der Waals surface area contributed by atoms with Gasteiger partial charge in [0.25, 0.3) is 0 Å². The molecule has 4 nitrogen and oxygen atoms in total. The maximum absolute atomic E-state index is 14.2. The highest BCUT2D eigenvalue weighted by Crippen LogP contribution is 2.66. The molecule has 0 bridgehead atoms. The maximum Gasteiger partial charge on any atom is 0.573 e. The molecule has 0 amide bonds. The molecule has 180 valence electrons. The van der Waals surface area contributed by atoms with Gasteiger partial charge in [0.1, 0.15) is 11.4 Å². The van der Waals surface area contributed by atoms with Gasteiger partial charge in [-0.15, -0.1) is 24.5 Å². The molecule has 0 fully saturated rings. The van der Waals surface area contributed by atoms with Gasteiger partial charge in [0.05, 0.1) is 12.2 Å². The van der Waals surface area contributed by atoms with Gasteiger partial charge >= 0.3 is 14.0 Å². The summed E-state index contributed by atoms with van der Waals surface area (Å²) >= 11 is 5.16. The monoisotopic (exact) mass is 564 g/mol. The predicted octanol–water partition coefficient (Wildman–Crippen LogP) is 8.89. The summed E-state index contributed by atoms with van der Waals surface area (Å²) in [5.41, 5.74) is 0.0160. The first kappa shape index (κ1) is 26.2. The van der Waals surface area contributed by atoms with E-state index < -0.39 is 19.6 Å². The lowest BCUT2D eigenvalue weighted by molar-refractivity contribution is -0.274. The number of halogens is 4. The van der Waals surface area contributed by atoms with E-state index in [4.69, 9.17) is 9.05 Å². The molecule has 2 aromatic carbocycles. The first-order valence-corrected chi connectivity index (χ1v) is 13.6. The third kappa shape index (κ3) is 6.83. The van der Waals surface area contributed by atoms with Crippen LogP contribution in [0.4, 0.5) is 13.2 Å². The fourth-order valence-corrected chi connectivity index (χ4v) is 8.58. The normalized spacial score (nSPS) is 13.8. The number of hydrogen-bond acceptors (Lipinski definition) is 5. The van der Waals surface area contributed by atoms with Gasteiger partial charge < -0.3 is 13.8 Å². The summed E-state index contributed by atoms with van der Waals surface area (Å²) in [5, 5.41) is 0.983. The summed E-state index contributed by atoms with van der Waals surface area (Å²) < 4.78 is 69.4. The summed E-state index contributed by atoms with van der Waals surface area (Å²) in [5.74, 6) is -0.314. The summed E-state index contributed by atoms with van der Waals surface area (Å²) in [6.45, 7) is 7.15. The van der Waals surface area contributed by atoms with Crippen LogP contribution in [-0.4, -0.2) is 18.6 Å². The third-order valence-corrected chi connectivity index (χ3v) is 9.76. The van der Waals surface area contributed by atoms with Crippen molar-refractivity contribution in [2.75, 3.05) is 0 Å². The quantitative estimate of drug-likeness (QED) is 0.243. The van der Waals surface area contributed by atoms with Gasteiger partial charge in [-0.25, -0.2) is 0 Å². The average Bonchev–Trinajstić information content (AvgIpc) is 3.01. The van der Waals surface area contributed by atoms with Crippen molar-refractivity contribution in [1.29, 1.82) is 0 Å². The van der Waals surface area contributed by atoms with Crippen molar-refractivity contribution in [3.05, 3.63) is 63.4 Å². The van der Waals surface area contributed by atoms with Crippen LogP contribution in [-0.2, 0) is 20.0 Å². The Hall–Kier alpha value is -1.38. The third-order valence-electron chi connectivity index (χ3n) is 4.55. The van der Waals surface area contributed by atoms with Gasteiger partial charge in [-0.2, -0.15) is 0 Å². The van der Waals surface area contributed by atoms with Gasteiger partial charge in [0.2, 0.25) is 0 Å². The lowest BCUT2D eigenvalue weighted by Crippen LogP contribution is -2.17. The SMILES string of the molecule is CC(C)OP(=O)(OC(C)C)[C@H](Cc1ccc(OC(F)(F)F)cc1)c1sc2ccccc2c1Br. The summed E-state index contributed by atoms with van der Waals surface area (Å²) in [7, 11) is -3.69. The number of ether oxygens (including phenoxy) is 1. The molecule has 10 heteroatoms. The molecule has 3 aromatic rings. The van der Waals surface area contributed by atoms with Crippen molar-refractivity contribution in [3.8, 4) is 5.75 Å². The Morgan fingerprint density at radius 1 is 0.970 bits per heavy atom. The molecule has 0 saturated heterocycles. The summed E-state index contributed by atoms with van der Waals surface area (Å²) in [6.07, 6.45) is -5.23. The van der Waals surface area contributed by atoms with Crippen LogP contribution in [0.2, 0.25) is 0 Å². The first-order chi connectivity index (χ1) is 15.4. The highest BCUT2D eigenvalue weighted by molar-refractivity contribution is 9.10. The maximum atomic E-state index is 14.2. The molecule has 0 N–H and O–H groups in total. The number of thiophene rings is 1. The van der Waals surface area contributed by atoms with Crippen LogP contribution < -0.4 is 4.74 Å². The van der Waals surface area contributed by atoms with Gasteiger partial charge in [-0.05, 0) is 73.8 Å². The van der Waals surface area contributed by atoms with E-state index >= 15 is 0 Å². The van der Waals surface area contributed by atoms with E-state index in [9.17, 15) is 17.7 Å². The molecule has 1 atom stereocenters. The van der Waals surface area contributed by atoms with E-state index in [1.54, 1.807) is 27.7 Å². The number of alkyl halides is 3. The summed E-state index contributed by atoms with van der Waals surface area (Å²) in [6, 6.07) is 13.4. The van der Waals surface area contributed by atoms with Gasteiger partial charge in [0, 0.05) is 19.4 Å². The molecule has 0 spiro atoms. The van der Waals surface area contributed by atoms with Gasteiger partial charge in [0.15, 0.2) is 0 Å². The fraction of sp³-hybridized carbons (Fsp3) is 0.391. The van der Waals surface area contributed by atoms with E-state index in [0.29, 0.717) is 5.56 Å². The molecule has 1 aromatic heterocycles. The highest BCUT2D eigenvalue weighted by Gasteiger charge is 2.41. The van der Waals surface area contributed by atoms with Crippen molar-refractivity contribution >= 4 is 44.9 Å². The molecule has 3 rings (SSSR count). The molecule has 1 heterocycles. The minimum Gasteiger partial charge on any atom is -0.406 e. The molecular weight excluding hydrogens is 540 g/mol. The molecule has 0 radical (unpaired) electrons. The fourth-order valence-electron chi connectivity index (χ4n) is 3.41. The van der Waals surface area contributed by atoms with Crippen molar-refractivity contribution in [2.45, 2.75) is 58.3 Å². The van der Waals surface area contributed by atoms with Crippen molar-refractivity contribution in [1.82, 2.24) is 0 Å². The second-order valence-electron chi connectivity index (χ2n) is 8.04. The Kier molecular flexibility index (Phi) is 8.33. The topological polar surface area (TPSA) is 44.8 Å². The smallest absolute Gasteiger partial charge is 0.406 e. The standard InChI is InChI=1S/C23H25BrF3O4PS/c1-14(2)30-32(28,31-15(3)4)19(22-21(24)18-7-5-6-8-20(18)33-22)13-16-9-11-17(12-10-16)29-23(25,26)27/h5-12,14-15,19H,13H2,1-4H3/t19-/m1/s1. The van der Waals surface area contributed by atoms with Crippen LogP contribution in [0.25, 0.3) is 10.1 Å². The average molecular weight is 565 g/mol. The van der Waals surface area contributed by atoms with E-state index in [1.165, 1.54) is 35.6 Å². The Morgan fingerprint density at radius 3 is 2.06 bits per heavy atom. The zero-order valence-corrected chi connectivity index (χ0v) is 21.9. The number of fused-ring (bicyclic) bond motifs is 1. The predicted molar refractivity (Wildman–Crippen MR) is 129 cm³/mol. The Balaban J connectivity index is 2.06. The lowest BCUT2D eigenvalue weighted by atomic mass is 10.1. The van der Waals surface area contributed by atoms with Gasteiger partial charge in [-0.1, -0.05) is 30.3 Å². The highest BCUT2D eigenvalue weighted by atomic mass is 79.9. The molecule has 0 aliphatic carbocycles. The van der Waals surface area contributed by atoms with Crippen LogP contribution >= 0.6 is 34.9 Å². The largest absolute Gasteiger partial charge is 0.573 e. The minimum absolute atomic E-state index is 0.244. The van der Waals surface area contributed by atoms with Crippen molar-refractivity contribution in [3.63, 3.8) is 0 Å². The van der Waals surface area contributed by atoms with E-state index in [2.05, 4.69) is 20.7 Å². The van der Waals surface area contributed by atoms with Crippen LogP contribution in [0.3, 0.4) is 0 Å². The van der Waals surface area contributed by atoms with E-state index in [-0.39, 0.29) is 24.4 Å². The second-order valence-corrected chi connectivity index (χ2v) is 12.0. The van der Waals surface area contributed by atoms with E-state index in [1.807, 2.05) is 24.3 Å². The first-order valence-electron chi connectivity index (χ1n) is 10.4. The van der Waals surface area contributed by atoms with Crippen LogP contribution in [0.1, 0.15) is 43.8 Å². The molecule has 0 aliphatic heterocycles. The van der Waals surface area contributed by atoms with Crippen LogP contribution in [0.5, 0.6) is 5.75 Å². The van der Waals surface area contributed by atoms with Crippen LogP contribution in [0, 0.1) is 0 Å². The number of benzene rings is 2. The molecule has 0 unspecified atom stereocenters. The summed E-state index contributed by atoms with van der Waals surface area (Å²) in [4.78, 5) is 0.802. The zero-order chi connectivity index (χ0) is 24.4. The van der Waals surface area contributed by atoms with E-state index in [0.717, 1.165) is 19.4 Å². The van der Waals surface area contributed by atoms with Crippen molar-refractivity contribution in [2.24, 2.45) is 0 Å². The lowest BCUT2D eigenvalue weighted by Gasteiger charge is -2.30. The van der Waals surface area contributed by atoms with Crippen molar-refractivity contribution < 1.29 is 31.5 Å². The Morgan fingerprint density at radius 2 is 1.55 bits per heavy atom. The van der Waals surface area contributed by atoms with Crippen LogP contribution in [0.15, 0.2) is 53.0 Å². The zero-order valence-electron chi connectivity index (χ0n) is 18.6. The molecule has 0 aliphatic rings. The molecule has 33 heavy (non-hydrogen) atoms. The van der Waals surface area contributed by atoms with Gasteiger partial charge in [-0.3, -0.25) is 4.57 Å². The minimum atomic E-state index is -4.77.